The molecule has 2 unspecified atom stereocenters. The summed E-state index contributed by atoms with van der Waals surface area (Å²) in [6.07, 6.45) is 3.97. The van der Waals surface area contributed by atoms with E-state index >= 15 is 0 Å². The molecule has 6 nitrogen and oxygen atoms in total. The van der Waals surface area contributed by atoms with Crippen LogP contribution in [0.5, 0.6) is 0 Å². The lowest BCUT2D eigenvalue weighted by atomic mass is 9.84. The second-order valence-electron chi connectivity index (χ2n) is 5.89. The van der Waals surface area contributed by atoms with Gasteiger partial charge < -0.3 is 14.7 Å². The van der Waals surface area contributed by atoms with Crippen molar-refractivity contribution in [3.63, 3.8) is 0 Å². The Morgan fingerprint density at radius 1 is 1.57 bits per heavy atom. The van der Waals surface area contributed by atoms with Crippen molar-refractivity contribution in [2.24, 2.45) is 5.92 Å². The summed E-state index contributed by atoms with van der Waals surface area (Å²) in [7, 11) is 1.91. The highest BCUT2D eigenvalue weighted by Crippen LogP contribution is 2.37. The Labute approximate surface area is 129 Å². The maximum absolute atomic E-state index is 12.5. The van der Waals surface area contributed by atoms with Gasteiger partial charge in [-0.05, 0) is 26.8 Å². The van der Waals surface area contributed by atoms with Gasteiger partial charge in [0.25, 0.3) is 0 Å². The Hall–Kier alpha value is -1.08. The Morgan fingerprint density at radius 3 is 3.05 bits per heavy atom. The summed E-state index contributed by atoms with van der Waals surface area (Å²) >= 11 is 1.76. The Morgan fingerprint density at radius 2 is 2.38 bits per heavy atom. The van der Waals surface area contributed by atoms with Crippen molar-refractivity contribution >= 4 is 17.7 Å². The van der Waals surface area contributed by atoms with Crippen molar-refractivity contribution in [3.8, 4) is 0 Å². The minimum Gasteiger partial charge on any atom is -0.337 e. The van der Waals surface area contributed by atoms with E-state index in [1.165, 1.54) is 6.42 Å². The quantitative estimate of drug-likeness (QED) is 0.890. The van der Waals surface area contributed by atoms with Crippen molar-refractivity contribution < 1.29 is 9.32 Å². The fourth-order valence-electron chi connectivity index (χ4n) is 2.62. The molecule has 1 saturated carbocycles. The predicted molar refractivity (Wildman–Crippen MR) is 80.8 cm³/mol. The van der Waals surface area contributed by atoms with Gasteiger partial charge >= 0.3 is 0 Å². The largest absolute Gasteiger partial charge is 0.337 e. The van der Waals surface area contributed by atoms with E-state index in [9.17, 15) is 4.79 Å². The first kappa shape index (κ1) is 14.8. The normalized spacial score (nSPS) is 24.1. The van der Waals surface area contributed by atoms with Crippen molar-refractivity contribution in [1.29, 1.82) is 0 Å². The number of aromatic nitrogens is 2. The zero-order valence-corrected chi connectivity index (χ0v) is 13.4. The monoisotopic (exact) mass is 310 g/mol. The number of carbonyl (C=O) groups excluding carboxylic acids is 1. The number of amides is 1. The molecule has 0 bridgehead atoms. The molecule has 1 amide bonds. The molecule has 3 rings (SSSR count). The van der Waals surface area contributed by atoms with Crippen LogP contribution in [0.3, 0.4) is 0 Å². The van der Waals surface area contributed by atoms with E-state index in [1.54, 1.807) is 11.8 Å². The molecule has 0 radical (unpaired) electrons. The predicted octanol–water partition coefficient (Wildman–Crippen LogP) is 1.59. The van der Waals surface area contributed by atoms with Crippen molar-refractivity contribution in [2.45, 2.75) is 44.7 Å². The Balaban J connectivity index is 1.68. The van der Waals surface area contributed by atoms with Gasteiger partial charge in [-0.25, -0.2) is 0 Å². The molecule has 116 valence electrons. The van der Waals surface area contributed by atoms with E-state index in [0.717, 1.165) is 30.9 Å². The number of likely N-dealkylation sites (N-methyl/N-ethyl adjacent to an activating group) is 1. The maximum atomic E-state index is 12.5. The van der Waals surface area contributed by atoms with Crippen molar-refractivity contribution in [2.75, 3.05) is 18.7 Å². The summed E-state index contributed by atoms with van der Waals surface area (Å²) in [5.74, 6) is 3.37. The Bertz CT molecular complexity index is 503. The fraction of sp³-hybridized carbons (Fsp3) is 0.786. The van der Waals surface area contributed by atoms with Crippen LogP contribution in [-0.2, 0) is 11.2 Å². The first-order chi connectivity index (χ1) is 10.2. The van der Waals surface area contributed by atoms with Gasteiger partial charge in [-0.2, -0.15) is 4.98 Å². The van der Waals surface area contributed by atoms with Crippen LogP contribution in [0.2, 0.25) is 0 Å². The highest BCUT2D eigenvalue weighted by atomic mass is 32.2. The van der Waals surface area contributed by atoms with Crippen LogP contribution in [-0.4, -0.2) is 45.7 Å². The van der Waals surface area contributed by atoms with Gasteiger partial charge in [0.1, 0.15) is 6.04 Å². The summed E-state index contributed by atoms with van der Waals surface area (Å²) < 4.78 is 5.41. The average molecular weight is 310 g/mol. The highest BCUT2D eigenvalue weighted by molar-refractivity contribution is 7.99. The number of hydrogen-bond acceptors (Lipinski definition) is 6. The maximum Gasteiger partial charge on any atom is 0.250 e. The molecule has 21 heavy (non-hydrogen) atoms. The minimum atomic E-state index is -0.0470. The van der Waals surface area contributed by atoms with Gasteiger partial charge in [0.05, 0.1) is 5.88 Å². The molecule has 1 N–H and O–H groups in total. The summed E-state index contributed by atoms with van der Waals surface area (Å²) in [5.41, 5.74) is 0. The van der Waals surface area contributed by atoms with Gasteiger partial charge in [0.15, 0.2) is 5.82 Å². The van der Waals surface area contributed by atoms with Crippen LogP contribution in [0.25, 0.3) is 0 Å². The lowest BCUT2D eigenvalue weighted by Crippen LogP contribution is -2.38. The summed E-state index contributed by atoms with van der Waals surface area (Å²) in [5, 5.41) is 7.21. The number of hydrogen-bond donors (Lipinski definition) is 1. The summed E-state index contributed by atoms with van der Waals surface area (Å²) in [6, 6.07) is 0.260. The molecule has 0 spiro atoms. The van der Waals surface area contributed by atoms with Crippen molar-refractivity contribution in [3.05, 3.63) is 11.7 Å². The molecule has 0 aromatic carbocycles. The molecular weight excluding hydrogens is 288 g/mol. The average Bonchev–Trinajstić information content (AvgIpc) is 3.04. The third-order valence-electron chi connectivity index (χ3n) is 4.37. The van der Waals surface area contributed by atoms with E-state index in [1.807, 2.05) is 11.9 Å². The van der Waals surface area contributed by atoms with Crippen LogP contribution < -0.4 is 5.32 Å². The second-order valence-corrected chi connectivity index (χ2v) is 6.89. The molecule has 2 fully saturated rings. The van der Waals surface area contributed by atoms with E-state index in [4.69, 9.17) is 4.52 Å². The lowest BCUT2D eigenvalue weighted by molar-refractivity contribution is -0.139. The van der Waals surface area contributed by atoms with E-state index < -0.39 is 0 Å². The van der Waals surface area contributed by atoms with Gasteiger partial charge in [0.2, 0.25) is 11.8 Å². The fourth-order valence-corrected chi connectivity index (χ4v) is 3.77. The topological polar surface area (TPSA) is 71.3 Å². The molecule has 2 aliphatic rings. The molecule has 2 atom stereocenters. The zero-order chi connectivity index (χ0) is 14.8. The van der Waals surface area contributed by atoms with Crippen LogP contribution >= 0.6 is 11.8 Å². The highest BCUT2D eigenvalue weighted by Gasteiger charge is 2.39. The third kappa shape index (κ3) is 3.08. The van der Waals surface area contributed by atoms with Crippen LogP contribution in [0.15, 0.2) is 4.52 Å². The first-order valence-electron chi connectivity index (χ1n) is 7.57. The van der Waals surface area contributed by atoms with E-state index in [0.29, 0.717) is 17.8 Å². The summed E-state index contributed by atoms with van der Waals surface area (Å²) in [4.78, 5) is 18.9. The molecule has 1 aromatic rings. The van der Waals surface area contributed by atoms with Gasteiger partial charge in [-0.1, -0.05) is 11.6 Å². The van der Waals surface area contributed by atoms with Gasteiger partial charge in [-0.3, -0.25) is 4.79 Å². The number of nitrogens with one attached hydrogen (secondary N) is 1. The van der Waals surface area contributed by atoms with E-state index in [-0.39, 0.29) is 17.9 Å². The van der Waals surface area contributed by atoms with Gasteiger partial charge in [-0.15, -0.1) is 11.8 Å². The van der Waals surface area contributed by atoms with Crippen LogP contribution in [0, 0.1) is 5.92 Å². The molecule has 1 aromatic heterocycles. The van der Waals surface area contributed by atoms with Crippen LogP contribution in [0.1, 0.15) is 43.9 Å². The number of rotatable bonds is 5. The molecule has 1 aliphatic carbocycles. The molecule has 2 heterocycles. The van der Waals surface area contributed by atoms with Gasteiger partial charge in [0, 0.05) is 24.1 Å². The second kappa shape index (κ2) is 6.36. The van der Waals surface area contributed by atoms with Crippen molar-refractivity contribution in [1.82, 2.24) is 20.4 Å². The smallest absolute Gasteiger partial charge is 0.250 e. The number of carbonyl (C=O) groups is 1. The molecule has 1 saturated heterocycles. The number of thioether (sulfide) groups is 1. The third-order valence-corrected chi connectivity index (χ3v) is 5.38. The standard InChI is InChI=1S/C14H22N4O2S/c1-9(15-2)6-12-16-13(20-17-12)11-7-21-8-18(11)14(19)10-4-3-5-10/h9-11,15H,3-8H2,1-2H3. The SMILES string of the molecule is CNC(C)Cc1noc(C2CSCN2C(=O)C2CCC2)n1. The van der Waals surface area contributed by atoms with E-state index in [2.05, 4.69) is 22.4 Å². The molecule has 1 aliphatic heterocycles. The zero-order valence-electron chi connectivity index (χ0n) is 12.5. The first-order valence-corrected chi connectivity index (χ1v) is 8.72. The summed E-state index contributed by atoms with van der Waals surface area (Å²) in [6.45, 7) is 2.08. The minimum absolute atomic E-state index is 0.0470. The van der Waals surface area contributed by atoms with Crippen LogP contribution in [0.4, 0.5) is 0 Å². The number of nitrogens with zero attached hydrogens (tertiary/aromatic N) is 3. The molecular formula is C14H22N4O2S. The molecule has 7 heteroatoms. The Kier molecular flexibility index (Phi) is 4.49. The lowest BCUT2D eigenvalue weighted by Gasteiger charge is -2.30.